The van der Waals surface area contributed by atoms with Crippen molar-refractivity contribution in [3.8, 4) is 0 Å². The largest absolute Gasteiger partial charge is 0.382 e. The zero-order chi connectivity index (χ0) is 11.4. The lowest BCUT2D eigenvalue weighted by Gasteiger charge is -2.11. The fourth-order valence-corrected chi connectivity index (χ4v) is 1.69. The van der Waals surface area contributed by atoms with Gasteiger partial charge in [0, 0.05) is 6.20 Å². The molecule has 1 atom stereocenters. The van der Waals surface area contributed by atoms with E-state index < -0.39 is 6.10 Å². The van der Waals surface area contributed by atoms with Crippen LogP contribution in [0.4, 0.5) is 0 Å². The van der Waals surface area contributed by atoms with Gasteiger partial charge in [-0.15, -0.1) is 0 Å². The highest BCUT2D eigenvalue weighted by molar-refractivity contribution is 5.29. The molecule has 0 saturated heterocycles. The van der Waals surface area contributed by atoms with Crippen LogP contribution in [0.3, 0.4) is 0 Å². The molecule has 0 bridgehead atoms. The Morgan fingerprint density at radius 1 is 1.19 bits per heavy atom. The molecule has 0 radical (unpaired) electrons. The third-order valence-electron chi connectivity index (χ3n) is 2.64. The molecule has 1 N–H and O–H groups in total. The Hall–Kier alpha value is -1.67. The molecule has 2 aromatic rings. The molecule has 0 fully saturated rings. The standard InChI is InChI=1S/C14H15NO/c1-2-11-6-5-7-12(10-11)14(16)13-8-3-4-9-15-13/h3-10,14,16H,2H2,1H3. The number of rotatable bonds is 3. The highest BCUT2D eigenvalue weighted by Gasteiger charge is 2.10. The number of aromatic nitrogens is 1. The van der Waals surface area contributed by atoms with Gasteiger partial charge >= 0.3 is 0 Å². The third-order valence-corrected chi connectivity index (χ3v) is 2.64. The third kappa shape index (κ3) is 2.28. The summed E-state index contributed by atoms with van der Waals surface area (Å²) < 4.78 is 0. The molecular formula is C14H15NO. The summed E-state index contributed by atoms with van der Waals surface area (Å²) in [5.41, 5.74) is 2.82. The van der Waals surface area contributed by atoms with E-state index in [1.807, 2.05) is 36.4 Å². The van der Waals surface area contributed by atoms with Gasteiger partial charge in [-0.2, -0.15) is 0 Å². The number of hydrogen-bond acceptors (Lipinski definition) is 2. The van der Waals surface area contributed by atoms with Crippen molar-refractivity contribution in [1.82, 2.24) is 4.98 Å². The number of pyridine rings is 1. The minimum atomic E-state index is -0.632. The highest BCUT2D eigenvalue weighted by atomic mass is 16.3. The van der Waals surface area contributed by atoms with Crippen molar-refractivity contribution in [3.63, 3.8) is 0 Å². The number of aryl methyl sites for hydroxylation is 1. The topological polar surface area (TPSA) is 33.1 Å². The first-order valence-corrected chi connectivity index (χ1v) is 5.49. The second kappa shape index (κ2) is 4.90. The zero-order valence-electron chi connectivity index (χ0n) is 9.30. The van der Waals surface area contributed by atoms with E-state index in [4.69, 9.17) is 0 Å². The van der Waals surface area contributed by atoms with E-state index in [1.54, 1.807) is 6.20 Å². The van der Waals surface area contributed by atoms with Gasteiger partial charge in [-0.05, 0) is 29.7 Å². The van der Waals surface area contributed by atoms with Crippen LogP contribution in [-0.4, -0.2) is 10.1 Å². The summed E-state index contributed by atoms with van der Waals surface area (Å²) in [6, 6.07) is 13.6. The van der Waals surface area contributed by atoms with Crippen molar-refractivity contribution < 1.29 is 5.11 Å². The molecule has 1 aromatic heterocycles. The highest BCUT2D eigenvalue weighted by Crippen LogP contribution is 2.20. The van der Waals surface area contributed by atoms with Crippen LogP contribution in [0.25, 0.3) is 0 Å². The SMILES string of the molecule is CCc1cccc(C(O)c2ccccn2)c1. The predicted octanol–water partition coefficient (Wildman–Crippen LogP) is 2.73. The Labute approximate surface area is 95.6 Å². The minimum Gasteiger partial charge on any atom is -0.382 e. The quantitative estimate of drug-likeness (QED) is 0.850. The molecule has 2 heteroatoms. The summed E-state index contributed by atoms with van der Waals surface area (Å²) >= 11 is 0. The minimum absolute atomic E-state index is 0.632. The molecule has 16 heavy (non-hydrogen) atoms. The summed E-state index contributed by atoms with van der Waals surface area (Å²) in [4.78, 5) is 4.16. The van der Waals surface area contributed by atoms with E-state index in [1.165, 1.54) is 5.56 Å². The van der Waals surface area contributed by atoms with Crippen LogP contribution in [0.1, 0.15) is 29.8 Å². The lowest BCUT2D eigenvalue weighted by atomic mass is 10.0. The summed E-state index contributed by atoms with van der Waals surface area (Å²) in [5.74, 6) is 0. The monoisotopic (exact) mass is 213 g/mol. The van der Waals surface area contributed by atoms with E-state index in [2.05, 4.69) is 18.0 Å². The molecule has 1 unspecified atom stereocenters. The zero-order valence-corrected chi connectivity index (χ0v) is 9.30. The van der Waals surface area contributed by atoms with Crippen LogP contribution >= 0.6 is 0 Å². The fraction of sp³-hybridized carbons (Fsp3) is 0.214. The summed E-state index contributed by atoms with van der Waals surface area (Å²) in [7, 11) is 0. The van der Waals surface area contributed by atoms with E-state index in [9.17, 15) is 5.11 Å². The Morgan fingerprint density at radius 3 is 2.75 bits per heavy atom. The van der Waals surface area contributed by atoms with Gasteiger partial charge in [0.1, 0.15) is 6.10 Å². The predicted molar refractivity (Wildman–Crippen MR) is 64.1 cm³/mol. The molecule has 1 aromatic carbocycles. The van der Waals surface area contributed by atoms with Gasteiger partial charge in [0.25, 0.3) is 0 Å². The summed E-state index contributed by atoms with van der Waals surface area (Å²) in [6.07, 6.45) is 2.04. The number of aliphatic hydroxyl groups is 1. The number of nitrogens with zero attached hydrogens (tertiary/aromatic N) is 1. The maximum atomic E-state index is 10.1. The lowest BCUT2D eigenvalue weighted by molar-refractivity contribution is 0.215. The number of hydrogen-bond donors (Lipinski definition) is 1. The Bertz CT molecular complexity index is 453. The maximum absolute atomic E-state index is 10.1. The van der Waals surface area contributed by atoms with Gasteiger partial charge in [-0.25, -0.2) is 0 Å². The van der Waals surface area contributed by atoms with Crippen LogP contribution in [0.15, 0.2) is 48.7 Å². The average Bonchev–Trinajstić information content (AvgIpc) is 2.39. The van der Waals surface area contributed by atoms with Crippen molar-refractivity contribution in [2.24, 2.45) is 0 Å². The Morgan fingerprint density at radius 2 is 2.06 bits per heavy atom. The van der Waals surface area contributed by atoms with Crippen LogP contribution in [0, 0.1) is 0 Å². The van der Waals surface area contributed by atoms with Crippen LogP contribution in [0.5, 0.6) is 0 Å². The summed E-state index contributed by atoms with van der Waals surface area (Å²) in [5, 5.41) is 10.1. The molecule has 0 aliphatic carbocycles. The molecule has 0 aliphatic heterocycles. The first-order chi connectivity index (χ1) is 7.81. The van der Waals surface area contributed by atoms with Gasteiger partial charge in [0.05, 0.1) is 5.69 Å². The van der Waals surface area contributed by atoms with Crippen molar-refractivity contribution >= 4 is 0 Å². The van der Waals surface area contributed by atoms with Crippen molar-refractivity contribution in [2.45, 2.75) is 19.4 Å². The smallest absolute Gasteiger partial charge is 0.121 e. The first-order valence-electron chi connectivity index (χ1n) is 5.49. The molecular weight excluding hydrogens is 198 g/mol. The summed E-state index contributed by atoms with van der Waals surface area (Å²) in [6.45, 7) is 2.10. The van der Waals surface area contributed by atoms with Gasteiger partial charge in [0.2, 0.25) is 0 Å². The Balaban J connectivity index is 2.30. The van der Waals surface area contributed by atoms with Gasteiger partial charge < -0.3 is 5.11 Å². The fourth-order valence-electron chi connectivity index (χ4n) is 1.69. The van der Waals surface area contributed by atoms with Crippen molar-refractivity contribution in [3.05, 3.63) is 65.5 Å². The molecule has 0 spiro atoms. The molecule has 2 nitrogen and oxygen atoms in total. The number of benzene rings is 1. The van der Waals surface area contributed by atoms with Crippen molar-refractivity contribution in [2.75, 3.05) is 0 Å². The van der Waals surface area contributed by atoms with E-state index >= 15 is 0 Å². The van der Waals surface area contributed by atoms with Gasteiger partial charge in [-0.3, -0.25) is 4.98 Å². The molecule has 0 saturated carbocycles. The molecule has 0 aliphatic rings. The second-order valence-electron chi connectivity index (χ2n) is 3.76. The maximum Gasteiger partial charge on any atom is 0.121 e. The van der Waals surface area contributed by atoms with E-state index in [-0.39, 0.29) is 0 Å². The normalized spacial score (nSPS) is 12.4. The molecule has 82 valence electrons. The average molecular weight is 213 g/mol. The lowest BCUT2D eigenvalue weighted by Crippen LogP contribution is -2.02. The van der Waals surface area contributed by atoms with E-state index in [0.717, 1.165) is 12.0 Å². The first kappa shape index (κ1) is 10.8. The van der Waals surface area contributed by atoms with Crippen molar-refractivity contribution in [1.29, 1.82) is 0 Å². The van der Waals surface area contributed by atoms with Crippen LogP contribution in [0.2, 0.25) is 0 Å². The molecule has 1 heterocycles. The van der Waals surface area contributed by atoms with Crippen LogP contribution in [-0.2, 0) is 6.42 Å². The molecule has 2 rings (SSSR count). The second-order valence-corrected chi connectivity index (χ2v) is 3.76. The number of aliphatic hydroxyl groups excluding tert-OH is 1. The molecule has 0 amide bonds. The Kier molecular flexibility index (Phi) is 3.32. The van der Waals surface area contributed by atoms with Gasteiger partial charge in [0.15, 0.2) is 0 Å². The van der Waals surface area contributed by atoms with E-state index in [0.29, 0.717) is 5.69 Å². The van der Waals surface area contributed by atoms with Crippen LogP contribution < -0.4 is 0 Å². The van der Waals surface area contributed by atoms with Gasteiger partial charge in [-0.1, -0.05) is 37.3 Å².